The molecule has 2 amide bonds. The van der Waals surface area contributed by atoms with Gasteiger partial charge in [0.25, 0.3) is 0 Å². The zero-order valence-corrected chi connectivity index (χ0v) is 15.5. The number of rotatable bonds is 7. The molecule has 2 rings (SSSR count). The highest BCUT2D eigenvalue weighted by molar-refractivity contribution is 5.88. The summed E-state index contributed by atoms with van der Waals surface area (Å²) in [7, 11) is 0. The van der Waals surface area contributed by atoms with E-state index in [0.29, 0.717) is 18.7 Å². The molecule has 4 nitrogen and oxygen atoms in total. The Morgan fingerprint density at radius 3 is 2.31 bits per heavy atom. The predicted octanol–water partition coefficient (Wildman–Crippen LogP) is 3.23. The summed E-state index contributed by atoms with van der Waals surface area (Å²) in [5.41, 5.74) is 2.33. The molecule has 0 radical (unpaired) electrons. The van der Waals surface area contributed by atoms with E-state index in [1.807, 2.05) is 38.1 Å². The maximum absolute atomic E-state index is 13.9. The average Bonchev–Trinajstić information content (AvgIpc) is 2.62. The van der Waals surface area contributed by atoms with Gasteiger partial charge in [0.05, 0.1) is 6.42 Å². The van der Waals surface area contributed by atoms with Crippen LogP contribution in [0.3, 0.4) is 0 Å². The topological polar surface area (TPSA) is 49.4 Å². The third-order valence-electron chi connectivity index (χ3n) is 4.42. The number of likely N-dealkylation sites (N-methyl/N-ethyl adjacent to an activating group) is 1. The third kappa shape index (κ3) is 4.91. The molecule has 0 fully saturated rings. The number of carbonyl (C=O) groups is 2. The van der Waals surface area contributed by atoms with Crippen molar-refractivity contribution in [3.63, 3.8) is 0 Å². The number of hydrogen-bond acceptors (Lipinski definition) is 2. The van der Waals surface area contributed by atoms with Crippen molar-refractivity contribution in [2.45, 2.75) is 39.8 Å². The van der Waals surface area contributed by atoms with Gasteiger partial charge in [-0.05, 0) is 43.5 Å². The minimum Gasteiger partial charge on any atom is -0.355 e. The molecule has 0 aliphatic rings. The van der Waals surface area contributed by atoms with Gasteiger partial charge in [-0.15, -0.1) is 0 Å². The molecule has 1 N–H and O–H groups in total. The van der Waals surface area contributed by atoms with E-state index in [0.717, 1.165) is 11.1 Å². The Labute approximate surface area is 154 Å². The number of nitrogens with one attached hydrogen (secondary N) is 1. The van der Waals surface area contributed by atoms with Crippen LogP contribution in [0.25, 0.3) is 0 Å². The second-order valence-electron chi connectivity index (χ2n) is 6.29. The van der Waals surface area contributed by atoms with Gasteiger partial charge >= 0.3 is 0 Å². The van der Waals surface area contributed by atoms with Crippen LogP contribution in [-0.2, 0) is 22.6 Å². The van der Waals surface area contributed by atoms with Gasteiger partial charge in [-0.25, -0.2) is 4.39 Å². The van der Waals surface area contributed by atoms with Gasteiger partial charge < -0.3 is 10.2 Å². The summed E-state index contributed by atoms with van der Waals surface area (Å²) in [6, 6.07) is 13.3. The van der Waals surface area contributed by atoms with E-state index in [-0.39, 0.29) is 18.2 Å². The van der Waals surface area contributed by atoms with Crippen LogP contribution in [0.4, 0.5) is 4.39 Å². The summed E-state index contributed by atoms with van der Waals surface area (Å²) < 4.78 is 13.9. The van der Waals surface area contributed by atoms with Crippen molar-refractivity contribution >= 4 is 11.8 Å². The average molecular weight is 356 g/mol. The molecule has 2 aromatic carbocycles. The molecule has 0 unspecified atom stereocenters. The lowest BCUT2D eigenvalue weighted by Crippen LogP contribution is -2.48. The second kappa shape index (κ2) is 9.13. The Kier molecular flexibility index (Phi) is 6.89. The summed E-state index contributed by atoms with van der Waals surface area (Å²) in [5.74, 6) is -0.914. The summed E-state index contributed by atoms with van der Waals surface area (Å²) in [6.07, 6.45) is -0.0811. The first-order chi connectivity index (χ1) is 12.4. The van der Waals surface area contributed by atoms with Crippen LogP contribution < -0.4 is 5.32 Å². The number of hydrogen-bond donors (Lipinski definition) is 1. The lowest BCUT2D eigenvalue weighted by Gasteiger charge is -2.29. The minimum absolute atomic E-state index is 0.0811. The second-order valence-corrected chi connectivity index (χ2v) is 6.29. The number of nitrogens with zero attached hydrogens (tertiary/aromatic N) is 1. The summed E-state index contributed by atoms with van der Waals surface area (Å²) in [6.45, 7) is 6.28. The fraction of sp³-hybridized carbons (Fsp3) is 0.333. The third-order valence-corrected chi connectivity index (χ3v) is 4.42. The van der Waals surface area contributed by atoms with Crippen molar-refractivity contribution in [2.24, 2.45) is 0 Å². The fourth-order valence-electron chi connectivity index (χ4n) is 2.78. The van der Waals surface area contributed by atoms with E-state index in [4.69, 9.17) is 0 Å². The predicted molar refractivity (Wildman–Crippen MR) is 100.0 cm³/mol. The van der Waals surface area contributed by atoms with Crippen molar-refractivity contribution in [1.29, 1.82) is 0 Å². The highest BCUT2D eigenvalue weighted by Crippen LogP contribution is 2.16. The van der Waals surface area contributed by atoms with Gasteiger partial charge in [0.15, 0.2) is 0 Å². The maximum Gasteiger partial charge on any atom is 0.242 e. The molecular weight excluding hydrogens is 331 g/mol. The number of aryl methyl sites for hydroxylation is 1. The van der Waals surface area contributed by atoms with Crippen LogP contribution in [0.15, 0.2) is 48.5 Å². The molecule has 1 atom stereocenters. The number of amides is 2. The lowest BCUT2D eigenvalue weighted by molar-refractivity contribution is -0.140. The van der Waals surface area contributed by atoms with Crippen molar-refractivity contribution in [2.75, 3.05) is 6.54 Å². The SMILES string of the molecule is CCNC(=O)[C@@H](C)N(Cc1ccccc1C)C(=O)Cc1ccccc1F. The van der Waals surface area contributed by atoms with E-state index < -0.39 is 11.9 Å². The molecule has 0 spiro atoms. The molecule has 0 aromatic heterocycles. The lowest BCUT2D eigenvalue weighted by atomic mass is 10.1. The first-order valence-corrected chi connectivity index (χ1v) is 8.79. The number of carbonyl (C=O) groups excluding carboxylic acids is 2. The molecule has 5 heteroatoms. The standard InChI is InChI=1S/C21H25FN2O2/c1-4-23-21(26)16(3)24(14-18-11-6-5-9-15(18)2)20(25)13-17-10-7-8-12-19(17)22/h5-12,16H,4,13-14H2,1-3H3,(H,23,26)/t16-/m1/s1. The van der Waals surface area contributed by atoms with Crippen LogP contribution in [0, 0.1) is 12.7 Å². The first-order valence-electron chi connectivity index (χ1n) is 8.79. The van der Waals surface area contributed by atoms with Crippen molar-refractivity contribution in [1.82, 2.24) is 10.2 Å². The van der Waals surface area contributed by atoms with Gasteiger partial charge in [-0.1, -0.05) is 42.5 Å². The largest absolute Gasteiger partial charge is 0.355 e. The molecule has 26 heavy (non-hydrogen) atoms. The van der Waals surface area contributed by atoms with Gasteiger partial charge in [0, 0.05) is 13.1 Å². The molecule has 0 bridgehead atoms. The summed E-state index contributed by atoms with van der Waals surface area (Å²) >= 11 is 0. The molecule has 0 aliphatic carbocycles. The molecule has 138 valence electrons. The smallest absolute Gasteiger partial charge is 0.242 e. The number of benzene rings is 2. The monoisotopic (exact) mass is 356 g/mol. The molecule has 2 aromatic rings. The number of halogens is 1. The van der Waals surface area contributed by atoms with Crippen LogP contribution in [0.2, 0.25) is 0 Å². The normalized spacial score (nSPS) is 11.7. The zero-order chi connectivity index (χ0) is 19.1. The molecule has 0 saturated carbocycles. The Morgan fingerprint density at radius 1 is 1.08 bits per heavy atom. The van der Waals surface area contributed by atoms with Gasteiger partial charge in [0.2, 0.25) is 11.8 Å². The van der Waals surface area contributed by atoms with Crippen molar-refractivity contribution in [3.8, 4) is 0 Å². The molecule has 0 aliphatic heterocycles. The van der Waals surface area contributed by atoms with Gasteiger partial charge in [-0.2, -0.15) is 0 Å². The van der Waals surface area contributed by atoms with Crippen molar-refractivity contribution < 1.29 is 14.0 Å². The van der Waals surface area contributed by atoms with E-state index in [1.165, 1.54) is 11.0 Å². The van der Waals surface area contributed by atoms with Crippen LogP contribution in [-0.4, -0.2) is 29.3 Å². The Bertz CT molecular complexity index is 776. The highest BCUT2D eigenvalue weighted by Gasteiger charge is 2.26. The van der Waals surface area contributed by atoms with E-state index >= 15 is 0 Å². The van der Waals surface area contributed by atoms with E-state index in [2.05, 4.69) is 5.32 Å². The molecule has 0 heterocycles. The van der Waals surface area contributed by atoms with Crippen molar-refractivity contribution in [3.05, 3.63) is 71.0 Å². The summed E-state index contributed by atoms with van der Waals surface area (Å²) in [4.78, 5) is 26.7. The van der Waals surface area contributed by atoms with Crippen LogP contribution >= 0.6 is 0 Å². The van der Waals surface area contributed by atoms with E-state index in [1.54, 1.807) is 25.1 Å². The van der Waals surface area contributed by atoms with Crippen LogP contribution in [0.5, 0.6) is 0 Å². The first kappa shape index (κ1) is 19.6. The quantitative estimate of drug-likeness (QED) is 0.828. The minimum atomic E-state index is -0.645. The highest BCUT2D eigenvalue weighted by atomic mass is 19.1. The fourth-order valence-corrected chi connectivity index (χ4v) is 2.78. The Hall–Kier alpha value is -2.69. The van der Waals surface area contributed by atoms with Gasteiger partial charge in [0.1, 0.15) is 11.9 Å². The van der Waals surface area contributed by atoms with E-state index in [9.17, 15) is 14.0 Å². The Morgan fingerprint density at radius 2 is 1.69 bits per heavy atom. The maximum atomic E-state index is 13.9. The zero-order valence-electron chi connectivity index (χ0n) is 15.5. The summed E-state index contributed by atoms with van der Waals surface area (Å²) in [5, 5.41) is 2.75. The Balaban J connectivity index is 2.27. The van der Waals surface area contributed by atoms with Crippen LogP contribution in [0.1, 0.15) is 30.5 Å². The molecular formula is C21H25FN2O2. The molecule has 0 saturated heterocycles. The van der Waals surface area contributed by atoms with Gasteiger partial charge in [-0.3, -0.25) is 9.59 Å².